The highest BCUT2D eigenvalue weighted by Crippen LogP contribution is 2.10. The number of hydrazine groups is 1. The molecule has 0 spiro atoms. The molecular weight excluding hydrogens is 372 g/mol. The van der Waals surface area contributed by atoms with E-state index in [2.05, 4.69) is 16.2 Å². The molecule has 0 atom stereocenters. The summed E-state index contributed by atoms with van der Waals surface area (Å²) in [6, 6.07) is 6.38. The molecule has 8 nitrogen and oxygen atoms in total. The normalized spacial score (nSPS) is 14.3. The number of benzene rings is 1. The van der Waals surface area contributed by atoms with E-state index in [-0.39, 0.29) is 31.3 Å². The first-order chi connectivity index (χ1) is 13.0. The first kappa shape index (κ1) is 20.7. The van der Waals surface area contributed by atoms with Crippen LogP contribution in [-0.4, -0.2) is 48.2 Å². The second-order valence-electron chi connectivity index (χ2n) is 6.24. The molecule has 0 aliphatic carbocycles. The predicted molar refractivity (Wildman–Crippen MR) is 99.7 cm³/mol. The average Bonchev–Trinajstić information content (AvgIpc) is 2.85. The van der Waals surface area contributed by atoms with Crippen LogP contribution in [0.2, 0.25) is 5.02 Å². The van der Waals surface area contributed by atoms with Crippen molar-refractivity contribution in [1.29, 1.82) is 0 Å². The zero-order valence-corrected chi connectivity index (χ0v) is 15.7. The summed E-state index contributed by atoms with van der Waals surface area (Å²) in [5.41, 5.74) is 5.01. The van der Waals surface area contributed by atoms with Gasteiger partial charge in [-0.3, -0.25) is 30.0 Å². The Morgan fingerprint density at radius 1 is 1.00 bits per heavy atom. The number of carbonyl (C=O) groups is 4. The third-order valence-corrected chi connectivity index (χ3v) is 4.34. The zero-order chi connectivity index (χ0) is 19.6. The van der Waals surface area contributed by atoms with E-state index < -0.39 is 11.8 Å². The minimum Gasteiger partial charge on any atom is -0.352 e. The van der Waals surface area contributed by atoms with Gasteiger partial charge >= 0.3 is 0 Å². The quantitative estimate of drug-likeness (QED) is 0.626. The predicted octanol–water partition coefficient (Wildman–Crippen LogP) is 1.01. The molecule has 1 aromatic rings. The SMILES string of the molecule is O=C(CCNC(=O)c1ccc(Cl)cc1)NNC(=O)CN1CCCCCC1=O. The maximum Gasteiger partial charge on any atom is 0.257 e. The van der Waals surface area contributed by atoms with Gasteiger partial charge in [-0.1, -0.05) is 18.0 Å². The minimum absolute atomic E-state index is 0.00224. The van der Waals surface area contributed by atoms with Crippen LogP contribution in [0.5, 0.6) is 0 Å². The van der Waals surface area contributed by atoms with Crippen LogP contribution in [0.3, 0.4) is 0 Å². The number of nitrogens with one attached hydrogen (secondary N) is 3. The van der Waals surface area contributed by atoms with Gasteiger partial charge in [0.05, 0.1) is 0 Å². The molecule has 1 aliphatic heterocycles. The Morgan fingerprint density at radius 2 is 1.70 bits per heavy atom. The van der Waals surface area contributed by atoms with Crippen LogP contribution in [0.1, 0.15) is 42.5 Å². The molecule has 3 N–H and O–H groups in total. The van der Waals surface area contributed by atoms with Crippen molar-refractivity contribution >= 4 is 35.2 Å². The smallest absolute Gasteiger partial charge is 0.257 e. The third-order valence-electron chi connectivity index (χ3n) is 4.09. The molecule has 0 radical (unpaired) electrons. The van der Waals surface area contributed by atoms with Gasteiger partial charge in [-0.25, -0.2) is 0 Å². The number of hydrogen-bond acceptors (Lipinski definition) is 4. The lowest BCUT2D eigenvalue weighted by atomic mass is 10.2. The second kappa shape index (κ2) is 10.5. The standard InChI is InChI=1S/C18H23ClN4O4/c19-14-7-5-13(6-8-14)18(27)20-10-9-15(24)21-22-16(25)12-23-11-3-1-2-4-17(23)26/h5-8H,1-4,9-12H2,(H,20,27)(H,21,24)(H,22,25). The van der Waals surface area contributed by atoms with E-state index in [1.54, 1.807) is 24.3 Å². The van der Waals surface area contributed by atoms with Crippen LogP contribution in [0.15, 0.2) is 24.3 Å². The Hall–Kier alpha value is -2.61. The lowest BCUT2D eigenvalue weighted by Crippen LogP contribution is -2.48. The highest BCUT2D eigenvalue weighted by atomic mass is 35.5. The maximum atomic E-state index is 11.9. The number of rotatable bonds is 6. The number of amides is 4. The molecule has 1 aromatic carbocycles. The Bertz CT molecular complexity index is 693. The van der Waals surface area contributed by atoms with Crippen molar-refractivity contribution in [1.82, 2.24) is 21.1 Å². The van der Waals surface area contributed by atoms with Gasteiger partial charge < -0.3 is 10.2 Å². The van der Waals surface area contributed by atoms with Gasteiger partial charge in [0.1, 0.15) is 6.54 Å². The molecule has 1 heterocycles. The van der Waals surface area contributed by atoms with E-state index >= 15 is 0 Å². The molecule has 1 saturated heterocycles. The molecule has 0 bridgehead atoms. The zero-order valence-electron chi connectivity index (χ0n) is 14.9. The lowest BCUT2D eigenvalue weighted by Gasteiger charge is -2.19. The summed E-state index contributed by atoms with van der Waals surface area (Å²) in [7, 11) is 0. The molecule has 146 valence electrons. The fourth-order valence-corrected chi connectivity index (χ4v) is 2.74. The van der Waals surface area contributed by atoms with E-state index in [1.807, 2.05) is 0 Å². The molecule has 27 heavy (non-hydrogen) atoms. The second-order valence-corrected chi connectivity index (χ2v) is 6.67. The van der Waals surface area contributed by atoms with Crippen molar-refractivity contribution in [2.75, 3.05) is 19.6 Å². The molecule has 0 unspecified atom stereocenters. The van der Waals surface area contributed by atoms with Gasteiger partial charge in [-0.15, -0.1) is 0 Å². The van der Waals surface area contributed by atoms with Gasteiger partial charge in [-0.2, -0.15) is 0 Å². The van der Waals surface area contributed by atoms with Crippen molar-refractivity contribution < 1.29 is 19.2 Å². The van der Waals surface area contributed by atoms with Crippen LogP contribution in [-0.2, 0) is 14.4 Å². The van der Waals surface area contributed by atoms with Gasteiger partial charge in [0.2, 0.25) is 11.8 Å². The summed E-state index contributed by atoms with van der Waals surface area (Å²) < 4.78 is 0. The van der Waals surface area contributed by atoms with Gasteiger partial charge in [0.15, 0.2) is 0 Å². The van der Waals surface area contributed by atoms with Crippen molar-refractivity contribution in [3.05, 3.63) is 34.9 Å². The van der Waals surface area contributed by atoms with E-state index in [0.717, 1.165) is 19.3 Å². The fraction of sp³-hybridized carbons (Fsp3) is 0.444. The lowest BCUT2D eigenvalue weighted by molar-refractivity contribution is -0.136. The van der Waals surface area contributed by atoms with Crippen LogP contribution in [0, 0.1) is 0 Å². The summed E-state index contributed by atoms with van der Waals surface area (Å²) in [5.74, 6) is -1.26. The van der Waals surface area contributed by atoms with E-state index in [9.17, 15) is 19.2 Å². The number of likely N-dealkylation sites (tertiary alicyclic amines) is 1. The largest absolute Gasteiger partial charge is 0.352 e. The number of carbonyl (C=O) groups excluding carboxylic acids is 4. The molecule has 1 fully saturated rings. The third kappa shape index (κ3) is 7.26. The summed E-state index contributed by atoms with van der Waals surface area (Å²) in [6.45, 7) is 0.594. The van der Waals surface area contributed by atoms with Gasteiger partial charge in [-0.05, 0) is 37.1 Å². The number of hydrogen-bond donors (Lipinski definition) is 3. The van der Waals surface area contributed by atoms with Crippen molar-refractivity contribution in [2.24, 2.45) is 0 Å². The molecule has 0 saturated carbocycles. The molecule has 4 amide bonds. The number of nitrogens with zero attached hydrogens (tertiary/aromatic N) is 1. The number of halogens is 1. The summed E-state index contributed by atoms with van der Waals surface area (Å²) in [5, 5.41) is 3.14. The average molecular weight is 395 g/mol. The maximum absolute atomic E-state index is 11.9. The van der Waals surface area contributed by atoms with E-state index in [1.165, 1.54) is 4.90 Å². The van der Waals surface area contributed by atoms with Gasteiger partial charge in [0, 0.05) is 36.5 Å². The Morgan fingerprint density at radius 3 is 2.44 bits per heavy atom. The van der Waals surface area contributed by atoms with Crippen LogP contribution < -0.4 is 16.2 Å². The Labute approximate surface area is 162 Å². The van der Waals surface area contributed by atoms with Crippen LogP contribution >= 0.6 is 11.6 Å². The molecular formula is C18H23ClN4O4. The highest BCUT2D eigenvalue weighted by molar-refractivity contribution is 6.30. The van der Waals surface area contributed by atoms with E-state index in [0.29, 0.717) is 23.6 Å². The minimum atomic E-state index is -0.455. The summed E-state index contributed by atoms with van der Waals surface area (Å²) in [4.78, 5) is 48.8. The van der Waals surface area contributed by atoms with Crippen molar-refractivity contribution in [3.63, 3.8) is 0 Å². The van der Waals surface area contributed by atoms with E-state index in [4.69, 9.17) is 11.6 Å². The van der Waals surface area contributed by atoms with Crippen molar-refractivity contribution in [3.8, 4) is 0 Å². The highest BCUT2D eigenvalue weighted by Gasteiger charge is 2.19. The Kier molecular flexibility index (Phi) is 8.06. The molecule has 1 aliphatic rings. The first-order valence-electron chi connectivity index (χ1n) is 8.85. The fourth-order valence-electron chi connectivity index (χ4n) is 2.61. The summed E-state index contributed by atoms with van der Waals surface area (Å²) in [6.07, 6.45) is 3.14. The van der Waals surface area contributed by atoms with Crippen LogP contribution in [0.4, 0.5) is 0 Å². The monoisotopic (exact) mass is 394 g/mol. The molecule has 0 aromatic heterocycles. The first-order valence-corrected chi connectivity index (χ1v) is 9.23. The molecule has 9 heteroatoms. The topological polar surface area (TPSA) is 108 Å². The van der Waals surface area contributed by atoms with Crippen LogP contribution in [0.25, 0.3) is 0 Å². The van der Waals surface area contributed by atoms with Gasteiger partial charge in [0.25, 0.3) is 11.8 Å². The van der Waals surface area contributed by atoms with Crippen molar-refractivity contribution in [2.45, 2.75) is 32.1 Å². The summed E-state index contributed by atoms with van der Waals surface area (Å²) >= 11 is 5.76. The molecule has 2 rings (SSSR count). The Balaban J connectivity index is 1.63.